The van der Waals surface area contributed by atoms with Gasteiger partial charge in [0, 0.05) is 32.3 Å². The Labute approximate surface area is 145 Å². The van der Waals surface area contributed by atoms with Crippen LogP contribution in [0.3, 0.4) is 0 Å². The maximum absolute atomic E-state index is 5.64. The summed E-state index contributed by atoms with van der Waals surface area (Å²) in [5.41, 5.74) is 2.58. The maximum Gasteiger partial charge on any atom is 0.0713 e. The van der Waals surface area contributed by atoms with E-state index in [9.17, 15) is 0 Å². The summed E-state index contributed by atoms with van der Waals surface area (Å²) in [6, 6.07) is 9.85. The van der Waals surface area contributed by atoms with Crippen LogP contribution in [0.2, 0.25) is 0 Å². The molecule has 0 radical (unpaired) electrons. The molecule has 1 aliphatic carbocycles. The van der Waals surface area contributed by atoms with Gasteiger partial charge in [0.25, 0.3) is 0 Å². The lowest BCUT2D eigenvalue weighted by Gasteiger charge is -2.33. The quantitative estimate of drug-likeness (QED) is 0.835. The molecule has 1 saturated heterocycles. The van der Waals surface area contributed by atoms with E-state index < -0.39 is 0 Å². The summed E-state index contributed by atoms with van der Waals surface area (Å²) in [4.78, 5) is 0. The van der Waals surface area contributed by atoms with Gasteiger partial charge in [0.15, 0.2) is 0 Å². The number of halogens is 1. The Morgan fingerprint density at radius 1 is 1.22 bits per heavy atom. The number of benzene rings is 1. The van der Waals surface area contributed by atoms with E-state index in [2.05, 4.69) is 34.9 Å². The zero-order chi connectivity index (χ0) is 15.2. The van der Waals surface area contributed by atoms with Crippen molar-refractivity contribution in [3.8, 4) is 0 Å². The lowest BCUT2D eigenvalue weighted by Crippen LogP contribution is -2.50. The van der Waals surface area contributed by atoms with E-state index in [1.54, 1.807) is 7.11 Å². The molecule has 1 saturated carbocycles. The first-order valence-electron chi connectivity index (χ1n) is 8.48. The second-order valence-corrected chi connectivity index (χ2v) is 6.47. The summed E-state index contributed by atoms with van der Waals surface area (Å²) >= 11 is 0. The standard InChI is InChI=1S/C18H28N2O2.ClH/c1-21-12-15-7-5-14(6-8-15)11-20-17-4-2-3-16(17)18-13-22-10-9-19-18;/h5-8,16-20H,2-4,9-13H2,1H3;1H. The van der Waals surface area contributed by atoms with Crippen LogP contribution in [-0.4, -0.2) is 39.0 Å². The smallest absolute Gasteiger partial charge is 0.0713 e. The van der Waals surface area contributed by atoms with Gasteiger partial charge in [0.2, 0.25) is 0 Å². The molecule has 4 nitrogen and oxygen atoms in total. The molecule has 23 heavy (non-hydrogen) atoms. The fraction of sp³-hybridized carbons (Fsp3) is 0.667. The normalized spacial score (nSPS) is 27.6. The first-order valence-corrected chi connectivity index (χ1v) is 8.48. The average Bonchev–Trinajstić information content (AvgIpc) is 3.04. The van der Waals surface area contributed by atoms with Crippen LogP contribution in [0.4, 0.5) is 0 Å². The molecule has 3 atom stereocenters. The fourth-order valence-electron chi connectivity index (χ4n) is 3.75. The van der Waals surface area contributed by atoms with Gasteiger partial charge in [-0.3, -0.25) is 0 Å². The SMILES string of the molecule is COCc1ccc(CNC2CCCC2C2COCCN2)cc1.Cl. The number of hydrogen-bond donors (Lipinski definition) is 2. The molecule has 2 aliphatic rings. The van der Waals surface area contributed by atoms with Crippen molar-refractivity contribution in [2.45, 2.75) is 44.5 Å². The van der Waals surface area contributed by atoms with E-state index in [1.165, 1.54) is 30.4 Å². The monoisotopic (exact) mass is 340 g/mol. The van der Waals surface area contributed by atoms with Crippen molar-refractivity contribution in [1.82, 2.24) is 10.6 Å². The highest BCUT2D eigenvalue weighted by atomic mass is 35.5. The van der Waals surface area contributed by atoms with Crippen LogP contribution in [0.1, 0.15) is 30.4 Å². The van der Waals surface area contributed by atoms with Crippen molar-refractivity contribution >= 4 is 12.4 Å². The van der Waals surface area contributed by atoms with Gasteiger partial charge in [-0.15, -0.1) is 12.4 Å². The van der Waals surface area contributed by atoms with Crippen molar-refractivity contribution in [2.75, 3.05) is 26.9 Å². The number of rotatable bonds is 6. The molecular weight excluding hydrogens is 312 g/mol. The highest BCUT2D eigenvalue weighted by molar-refractivity contribution is 5.85. The number of morpholine rings is 1. The first kappa shape index (κ1) is 18.7. The highest BCUT2D eigenvalue weighted by Crippen LogP contribution is 2.29. The molecule has 0 aromatic heterocycles. The molecule has 1 aromatic rings. The van der Waals surface area contributed by atoms with Gasteiger partial charge in [-0.2, -0.15) is 0 Å². The molecule has 5 heteroatoms. The minimum atomic E-state index is 0. The molecule has 0 bridgehead atoms. The third-order valence-corrected chi connectivity index (χ3v) is 4.94. The number of methoxy groups -OCH3 is 1. The Morgan fingerprint density at radius 2 is 2.00 bits per heavy atom. The molecule has 1 heterocycles. The summed E-state index contributed by atoms with van der Waals surface area (Å²) < 4.78 is 10.8. The van der Waals surface area contributed by atoms with Crippen molar-refractivity contribution < 1.29 is 9.47 Å². The summed E-state index contributed by atoms with van der Waals surface area (Å²) in [7, 11) is 1.73. The zero-order valence-corrected chi connectivity index (χ0v) is 14.7. The second-order valence-electron chi connectivity index (χ2n) is 6.47. The fourth-order valence-corrected chi connectivity index (χ4v) is 3.75. The second kappa shape index (κ2) is 9.60. The molecule has 3 unspecified atom stereocenters. The van der Waals surface area contributed by atoms with Crippen LogP contribution >= 0.6 is 12.4 Å². The molecule has 0 amide bonds. The molecule has 3 rings (SSSR count). The van der Waals surface area contributed by atoms with Crippen LogP contribution in [0.5, 0.6) is 0 Å². The van der Waals surface area contributed by atoms with E-state index in [0.29, 0.717) is 24.6 Å². The van der Waals surface area contributed by atoms with Gasteiger partial charge >= 0.3 is 0 Å². The van der Waals surface area contributed by atoms with Crippen LogP contribution in [0, 0.1) is 5.92 Å². The van der Waals surface area contributed by atoms with Crippen LogP contribution in [0.15, 0.2) is 24.3 Å². The Hall–Kier alpha value is -0.650. The first-order chi connectivity index (χ1) is 10.9. The molecule has 0 spiro atoms. The molecular formula is C18H29ClN2O2. The minimum Gasteiger partial charge on any atom is -0.380 e. The van der Waals surface area contributed by atoms with E-state index in [0.717, 1.165) is 26.3 Å². The van der Waals surface area contributed by atoms with Gasteiger partial charge in [-0.1, -0.05) is 30.7 Å². The number of hydrogen-bond acceptors (Lipinski definition) is 4. The summed E-state index contributed by atoms with van der Waals surface area (Å²) in [6.45, 7) is 4.35. The number of ether oxygens (including phenoxy) is 2. The Morgan fingerprint density at radius 3 is 2.70 bits per heavy atom. The van der Waals surface area contributed by atoms with Crippen molar-refractivity contribution in [2.24, 2.45) is 5.92 Å². The largest absolute Gasteiger partial charge is 0.380 e. The number of nitrogens with one attached hydrogen (secondary N) is 2. The van der Waals surface area contributed by atoms with Gasteiger partial charge in [-0.25, -0.2) is 0 Å². The van der Waals surface area contributed by atoms with Gasteiger partial charge < -0.3 is 20.1 Å². The summed E-state index contributed by atoms with van der Waals surface area (Å²) in [5, 5.41) is 7.40. The average molecular weight is 341 g/mol. The molecule has 1 aromatic carbocycles. The Bertz CT molecular complexity index is 449. The third-order valence-electron chi connectivity index (χ3n) is 4.94. The van der Waals surface area contributed by atoms with E-state index >= 15 is 0 Å². The van der Waals surface area contributed by atoms with E-state index in [-0.39, 0.29) is 12.4 Å². The van der Waals surface area contributed by atoms with Gasteiger partial charge in [0.1, 0.15) is 0 Å². The van der Waals surface area contributed by atoms with Crippen LogP contribution in [-0.2, 0) is 22.6 Å². The Kier molecular flexibility index (Phi) is 7.80. The Balaban J connectivity index is 0.00000192. The summed E-state index contributed by atoms with van der Waals surface area (Å²) in [5.74, 6) is 0.702. The predicted molar refractivity (Wildman–Crippen MR) is 95.0 cm³/mol. The van der Waals surface area contributed by atoms with Gasteiger partial charge in [0.05, 0.1) is 19.8 Å². The van der Waals surface area contributed by atoms with Crippen LogP contribution in [0.25, 0.3) is 0 Å². The third kappa shape index (κ3) is 5.16. The predicted octanol–water partition coefficient (Wildman–Crippen LogP) is 2.50. The summed E-state index contributed by atoms with van der Waals surface area (Å²) in [6.07, 6.45) is 3.92. The van der Waals surface area contributed by atoms with E-state index in [4.69, 9.17) is 9.47 Å². The zero-order valence-electron chi connectivity index (χ0n) is 13.9. The van der Waals surface area contributed by atoms with Crippen molar-refractivity contribution in [3.63, 3.8) is 0 Å². The maximum atomic E-state index is 5.64. The van der Waals surface area contributed by atoms with Crippen molar-refractivity contribution in [3.05, 3.63) is 35.4 Å². The topological polar surface area (TPSA) is 42.5 Å². The van der Waals surface area contributed by atoms with Crippen LogP contribution < -0.4 is 10.6 Å². The molecule has 1 aliphatic heterocycles. The lowest BCUT2D eigenvalue weighted by molar-refractivity contribution is 0.0524. The molecule has 130 valence electrons. The van der Waals surface area contributed by atoms with Gasteiger partial charge in [-0.05, 0) is 29.9 Å². The van der Waals surface area contributed by atoms with E-state index in [1.807, 2.05) is 0 Å². The lowest BCUT2D eigenvalue weighted by atomic mass is 9.94. The van der Waals surface area contributed by atoms with Crippen molar-refractivity contribution in [1.29, 1.82) is 0 Å². The molecule has 2 N–H and O–H groups in total. The highest BCUT2D eigenvalue weighted by Gasteiger charge is 2.34. The molecule has 2 fully saturated rings. The minimum absolute atomic E-state index is 0.